The number of fused-ring (bicyclic) bond motifs is 2. The van der Waals surface area contributed by atoms with Crippen LogP contribution in [-0.4, -0.2) is 51.4 Å². The molecule has 7 rings (SSSR count). The molecule has 1 saturated carbocycles. The van der Waals surface area contributed by atoms with Crippen molar-refractivity contribution >= 4 is 27.2 Å². The van der Waals surface area contributed by atoms with E-state index in [-0.39, 0.29) is 5.56 Å². The van der Waals surface area contributed by atoms with Gasteiger partial charge in [-0.25, -0.2) is 4.68 Å². The SMILES string of the molecule is Cc1cnn(Cc2cc3ncc(C)c(-c4cc(C#N)cc5c4N([C@H]4CN(C)C6(CCC6)C4)CCC5)c3s2)c(=O)c1. The molecule has 0 bridgehead atoms. The van der Waals surface area contributed by atoms with E-state index >= 15 is 0 Å². The Morgan fingerprint density at radius 3 is 2.73 bits per heavy atom. The molecular weight excluding hydrogens is 516 g/mol. The van der Waals surface area contributed by atoms with E-state index in [1.807, 2.05) is 13.1 Å². The molecule has 1 aromatic carbocycles. The van der Waals surface area contributed by atoms with Gasteiger partial charge in [-0.2, -0.15) is 10.4 Å². The normalized spacial score (nSPS) is 20.1. The summed E-state index contributed by atoms with van der Waals surface area (Å²) in [6, 6.07) is 10.8. The topological polar surface area (TPSA) is 78.1 Å². The number of thiophene rings is 1. The molecule has 40 heavy (non-hydrogen) atoms. The number of benzene rings is 1. The van der Waals surface area contributed by atoms with Gasteiger partial charge in [-0.15, -0.1) is 11.3 Å². The fourth-order valence-electron chi connectivity index (χ4n) is 7.26. The molecule has 2 aliphatic heterocycles. The summed E-state index contributed by atoms with van der Waals surface area (Å²) in [5, 5.41) is 14.4. The molecule has 5 heterocycles. The lowest BCUT2D eigenvalue weighted by molar-refractivity contribution is 0.0801. The minimum Gasteiger partial charge on any atom is -0.366 e. The second-order valence-corrected chi connectivity index (χ2v) is 13.2. The molecule has 0 radical (unpaired) electrons. The summed E-state index contributed by atoms with van der Waals surface area (Å²) in [4.78, 5) is 23.7. The minimum absolute atomic E-state index is 0.0981. The van der Waals surface area contributed by atoms with Crippen molar-refractivity contribution in [2.75, 3.05) is 25.0 Å². The van der Waals surface area contributed by atoms with E-state index in [1.165, 1.54) is 41.6 Å². The van der Waals surface area contributed by atoms with Gasteiger partial charge in [-0.1, -0.05) is 0 Å². The smallest absolute Gasteiger partial charge is 0.267 e. The first-order chi connectivity index (χ1) is 19.3. The van der Waals surface area contributed by atoms with Crippen LogP contribution in [0.2, 0.25) is 0 Å². The molecule has 4 aromatic rings. The van der Waals surface area contributed by atoms with Gasteiger partial charge in [0.05, 0.1) is 34.6 Å². The summed E-state index contributed by atoms with van der Waals surface area (Å²) < 4.78 is 2.62. The zero-order valence-corrected chi connectivity index (χ0v) is 24.2. The van der Waals surface area contributed by atoms with Crippen LogP contribution in [0.5, 0.6) is 0 Å². The average molecular weight is 551 g/mol. The first-order valence-corrected chi connectivity index (χ1v) is 15.1. The summed E-state index contributed by atoms with van der Waals surface area (Å²) in [6.45, 7) is 6.55. The van der Waals surface area contributed by atoms with Gasteiger partial charge in [0.25, 0.3) is 5.56 Å². The highest BCUT2D eigenvalue weighted by Gasteiger charge is 2.49. The van der Waals surface area contributed by atoms with Crippen LogP contribution in [0.25, 0.3) is 21.3 Å². The van der Waals surface area contributed by atoms with Gasteiger partial charge >= 0.3 is 0 Å². The Labute approximate surface area is 238 Å². The van der Waals surface area contributed by atoms with Crippen LogP contribution in [0.3, 0.4) is 0 Å². The fourth-order valence-corrected chi connectivity index (χ4v) is 8.47. The van der Waals surface area contributed by atoms with Gasteiger partial charge in [0.2, 0.25) is 0 Å². The summed E-state index contributed by atoms with van der Waals surface area (Å²) in [6.07, 6.45) is 11.0. The third-order valence-electron chi connectivity index (χ3n) is 9.45. The number of likely N-dealkylation sites (tertiary alicyclic amines) is 1. The Morgan fingerprint density at radius 1 is 1.15 bits per heavy atom. The molecule has 0 unspecified atom stereocenters. The Morgan fingerprint density at radius 2 is 2.00 bits per heavy atom. The summed E-state index contributed by atoms with van der Waals surface area (Å²) in [5.74, 6) is 0. The van der Waals surface area contributed by atoms with Crippen LogP contribution in [0.1, 0.15) is 59.2 Å². The molecule has 3 aliphatic rings. The first kappa shape index (κ1) is 25.4. The van der Waals surface area contributed by atoms with Crippen molar-refractivity contribution in [2.45, 2.75) is 70.5 Å². The lowest BCUT2D eigenvalue weighted by Crippen LogP contribution is -2.47. The number of nitriles is 1. The zero-order valence-electron chi connectivity index (χ0n) is 23.4. The number of anilines is 1. The molecule has 7 nitrogen and oxygen atoms in total. The van der Waals surface area contributed by atoms with E-state index < -0.39 is 0 Å². The van der Waals surface area contributed by atoms with Crippen LogP contribution in [-0.2, 0) is 13.0 Å². The zero-order chi connectivity index (χ0) is 27.6. The predicted molar refractivity (Wildman–Crippen MR) is 160 cm³/mol. The van der Waals surface area contributed by atoms with Crippen molar-refractivity contribution in [2.24, 2.45) is 0 Å². The minimum atomic E-state index is -0.0981. The molecule has 3 aromatic heterocycles. The number of aryl methyl sites for hydroxylation is 3. The van der Waals surface area contributed by atoms with E-state index in [4.69, 9.17) is 4.98 Å². The highest BCUT2D eigenvalue weighted by Crippen LogP contribution is 2.49. The number of nitrogens with zero attached hydrogens (tertiary/aromatic N) is 6. The molecule has 1 saturated heterocycles. The quantitative estimate of drug-likeness (QED) is 0.337. The lowest BCUT2D eigenvalue weighted by Gasteiger charge is -2.44. The predicted octanol–water partition coefficient (Wildman–Crippen LogP) is 5.44. The largest absolute Gasteiger partial charge is 0.366 e. The van der Waals surface area contributed by atoms with Crippen molar-refractivity contribution in [3.63, 3.8) is 0 Å². The number of hydrogen-bond donors (Lipinski definition) is 0. The number of rotatable bonds is 4. The number of pyridine rings is 1. The molecule has 0 N–H and O–H groups in total. The average Bonchev–Trinajstić information content (AvgIpc) is 3.50. The van der Waals surface area contributed by atoms with Crippen molar-refractivity contribution < 1.29 is 0 Å². The molecule has 2 fully saturated rings. The third kappa shape index (κ3) is 4.06. The molecule has 1 aliphatic carbocycles. The van der Waals surface area contributed by atoms with Gasteiger partial charge < -0.3 is 4.90 Å². The maximum atomic E-state index is 12.5. The van der Waals surface area contributed by atoms with Crippen molar-refractivity contribution in [1.82, 2.24) is 19.7 Å². The highest BCUT2D eigenvalue weighted by atomic mass is 32.1. The number of hydrogen-bond acceptors (Lipinski definition) is 7. The standard InChI is InChI=1S/C32H34N6OS/c1-20-10-28(39)38(35-16-20)19-25-13-27-31(40-25)29(21(2)17-34-27)26-12-22(15-33)11-23-6-4-9-37(30(23)26)24-14-32(7-5-8-32)36(3)18-24/h10-13,16-17,24H,4-9,14,18-19H2,1-3H3/t24-/m1/s1. The maximum Gasteiger partial charge on any atom is 0.267 e. The van der Waals surface area contributed by atoms with Crippen molar-refractivity contribution in [3.8, 4) is 17.2 Å². The summed E-state index contributed by atoms with van der Waals surface area (Å²) >= 11 is 1.68. The van der Waals surface area contributed by atoms with Gasteiger partial charge in [0.1, 0.15) is 0 Å². The Hall–Kier alpha value is -3.54. The second kappa shape index (κ2) is 9.53. The van der Waals surface area contributed by atoms with Crippen LogP contribution in [0.4, 0.5) is 5.69 Å². The summed E-state index contributed by atoms with van der Waals surface area (Å²) in [7, 11) is 2.31. The van der Waals surface area contributed by atoms with E-state index in [1.54, 1.807) is 23.6 Å². The van der Waals surface area contributed by atoms with Crippen molar-refractivity contribution in [3.05, 3.63) is 74.1 Å². The van der Waals surface area contributed by atoms with Crippen LogP contribution >= 0.6 is 11.3 Å². The van der Waals surface area contributed by atoms with E-state index in [9.17, 15) is 10.1 Å². The van der Waals surface area contributed by atoms with Gasteiger partial charge in [0, 0.05) is 58.6 Å². The summed E-state index contributed by atoms with van der Waals surface area (Å²) in [5.41, 5.74) is 8.79. The van der Waals surface area contributed by atoms with E-state index in [0.717, 1.165) is 63.3 Å². The van der Waals surface area contributed by atoms with Gasteiger partial charge in [-0.3, -0.25) is 14.7 Å². The molecular formula is C32H34N6OS. The molecule has 8 heteroatoms. The van der Waals surface area contributed by atoms with Gasteiger partial charge in [-0.05, 0) is 94.3 Å². The Kier molecular flexibility index (Phi) is 6.06. The second-order valence-electron chi connectivity index (χ2n) is 12.0. The third-order valence-corrected chi connectivity index (χ3v) is 10.6. The van der Waals surface area contributed by atoms with Crippen molar-refractivity contribution in [1.29, 1.82) is 5.26 Å². The fraction of sp³-hybridized carbons (Fsp3) is 0.438. The molecule has 204 valence electrons. The van der Waals surface area contributed by atoms with Crippen LogP contribution < -0.4 is 10.5 Å². The van der Waals surface area contributed by atoms with Crippen LogP contribution in [0.15, 0.2) is 41.5 Å². The molecule has 0 amide bonds. The van der Waals surface area contributed by atoms with Gasteiger partial charge in [0.15, 0.2) is 0 Å². The highest BCUT2D eigenvalue weighted by molar-refractivity contribution is 7.19. The monoisotopic (exact) mass is 550 g/mol. The maximum absolute atomic E-state index is 12.5. The van der Waals surface area contributed by atoms with E-state index in [0.29, 0.717) is 23.7 Å². The number of likely N-dealkylation sites (N-methyl/N-ethyl adjacent to an activating group) is 1. The van der Waals surface area contributed by atoms with Crippen LogP contribution in [0, 0.1) is 25.2 Å². The first-order valence-electron chi connectivity index (χ1n) is 14.3. The molecule has 1 atom stereocenters. The van der Waals surface area contributed by atoms with E-state index in [2.05, 4.69) is 53.1 Å². The number of aromatic nitrogens is 3. The molecule has 1 spiro atoms. The Bertz CT molecular complexity index is 1740. The lowest BCUT2D eigenvalue weighted by atomic mass is 9.74. The Balaban J connectivity index is 1.36.